The number of thiophene rings is 1. The summed E-state index contributed by atoms with van der Waals surface area (Å²) in [5, 5.41) is 5.98. The highest BCUT2D eigenvalue weighted by Crippen LogP contribution is 2.23. The van der Waals surface area contributed by atoms with E-state index in [0.717, 1.165) is 5.56 Å². The maximum absolute atomic E-state index is 12.5. The Morgan fingerprint density at radius 3 is 2.60 bits per heavy atom. The van der Waals surface area contributed by atoms with Crippen molar-refractivity contribution in [2.75, 3.05) is 6.54 Å². The summed E-state index contributed by atoms with van der Waals surface area (Å²) in [5.74, 6) is -3.97. The molecule has 1 N–H and O–H groups in total. The lowest BCUT2D eigenvalue weighted by atomic mass is 10.2. The van der Waals surface area contributed by atoms with Gasteiger partial charge in [0.1, 0.15) is 0 Å². The number of halogens is 4. The molecule has 0 aliphatic heterocycles. The monoisotopic (exact) mass is 241 g/mol. The van der Waals surface area contributed by atoms with Crippen molar-refractivity contribution < 1.29 is 17.6 Å². The second-order valence-corrected chi connectivity index (χ2v) is 4.00. The summed E-state index contributed by atoms with van der Waals surface area (Å²) < 4.78 is 48.7. The average Bonchev–Trinajstić information content (AvgIpc) is 2.66. The predicted molar refractivity (Wildman–Crippen MR) is 51.7 cm³/mol. The normalized spacial score (nSPS) is 14.5. The van der Waals surface area contributed by atoms with Gasteiger partial charge in [0.25, 0.3) is 0 Å². The van der Waals surface area contributed by atoms with Gasteiger partial charge >= 0.3 is 12.3 Å². The Hall–Kier alpha value is -0.620. The van der Waals surface area contributed by atoms with Crippen molar-refractivity contribution >= 4 is 11.3 Å². The fourth-order valence-corrected chi connectivity index (χ4v) is 1.76. The minimum absolute atomic E-state index is 0.346. The van der Waals surface area contributed by atoms with Crippen molar-refractivity contribution in [1.29, 1.82) is 0 Å². The molecule has 0 amide bonds. The average molecular weight is 241 g/mol. The fourth-order valence-electron chi connectivity index (χ4n) is 1.01. The van der Waals surface area contributed by atoms with E-state index in [4.69, 9.17) is 0 Å². The van der Waals surface area contributed by atoms with Gasteiger partial charge < -0.3 is 5.32 Å². The van der Waals surface area contributed by atoms with Crippen LogP contribution in [0.25, 0.3) is 0 Å². The van der Waals surface area contributed by atoms with Gasteiger partial charge in [0.2, 0.25) is 0 Å². The van der Waals surface area contributed by atoms with Crippen LogP contribution < -0.4 is 5.32 Å². The van der Waals surface area contributed by atoms with Gasteiger partial charge in [-0.15, -0.1) is 0 Å². The summed E-state index contributed by atoms with van der Waals surface area (Å²) in [6, 6.07) is 1.42. The Labute approximate surface area is 89.1 Å². The maximum Gasteiger partial charge on any atom is 0.319 e. The lowest BCUT2D eigenvalue weighted by Gasteiger charge is -2.19. The Balaban J connectivity index is 2.44. The smallest absolute Gasteiger partial charge is 0.304 e. The highest BCUT2D eigenvalue weighted by atomic mass is 32.1. The number of rotatable bonds is 5. The molecule has 15 heavy (non-hydrogen) atoms. The van der Waals surface area contributed by atoms with Crippen LogP contribution in [-0.4, -0.2) is 18.9 Å². The van der Waals surface area contributed by atoms with Crippen LogP contribution in [0.3, 0.4) is 0 Å². The Bertz CT molecular complexity index is 286. The Morgan fingerprint density at radius 1 is 1.47 bits per heavy atom. The summed E-state index contributed by atoms with van der Waals surface area (Å²) >= 11 is 1.43. The Morgan fingerprint density at radius 2 is 2.13 bits per heavy atom. The number of hydrogen-bond donors (Lipinski definition) is 1. The quantitative estimate of drug-likeness (QED) is 0.780. The number of alkyl halides is 4. The number of nitrogens with one attached hydrogen (secondary N) is 1. The van der Waals surface area contributed by atoms with Crippen molar-refractivity contribution in [3.05, 3.63) is 22.4 Å². The third-order valence-electron chi connectivity index (χ3n) is 2.01. The van der Waals surface area contributed by atoms with Crippen LogP contribution in [0.1, 0.15) is 18.5 Å². The third-order valence-corrected chi connectivity index (χ3v) is 2.71. The van der Waals surface area contributed by atoms with Gasteiger partial charge in [-0.05, 0) is 29.3 Å². The molecule has 0 spiro atoms. The second-order valence-electron chi connectivity index (χ2n) is 3.22. The zero-order valence-electron chi connectivity index (χ0n) is 8.01. The molecule has 0 fully saturated rings. The lowest BCUT2D eigenvalue weighted by Crippen LogP contribution is -2.39. The molecule has 0 saturated heterocycles. The zero-order chi connectivity index (χ0) is 11.5. The molecular weight excluding hydrogens is 230 g/mol. The van der Waals surface area contributed by atoms with Crippen LogP contribution in [-0.2, 0) is 0 Å². The molecule has 0 bridgehead atoms. The van der Waals surface area contributed by atoms with E-state index in [1.807, 2.05) is 0 Å². The van der Waals surface area contributed by atoms with Crippen LogP contribution in [0.4, 0.5) is 17.6 Å². The van der Waals surface area contributed by atoms with E-state index in [-0.39, 0.29) is 6.04 Å². The summed E-state index contributed by atoms with van der Waals surface area (Å²) in [4.78, 5) is 0. The molecule has 86 valence electrons. The topological polar surface area (TPSA) is 12.0 Å². The lowest BCUT2D eigenvalue weighted by molar-refractivity contribution is -0.126. The minimum atomic E-state index is -3.97. The summed E-state index contributed by atoms with van der Waals surface area (Å²) in [5.41, 5.74) is 0.824. The first-order chi connectivity index (χ1) is 6.93. The van der Waals surface area contributed by atoms with E-state index in [1.54, 1.807) is 23.8 Å². The summed E-state index contributed by atoms with van der Waals surface area (Å²) in [6.07, 6.45) is -3.63. The van der Waals surface area contributed by atoms with Crippen molar-refractivity contribution in [2.45, 2.75) is 25.3 Å². The third kappa shape index (κ3) is 3.46. The summed E-state index contributed by atoms with van der Waals surface area (Å²) in [6.45, 7) is 0.644. The van der Waals surface area contributed by atoms with E-state index in [1.165, 1.54) is 11.3 Å². The molecule has 1 heterocycles. The highest BCUT2D eigenvalue weighted by Gasteiger charge is 2.40. The molecule has 1 rings (SSSR count). The molecule has 1 atom stereocenters. The van der Waals surface area contributed by atoms with Gasteiger partial charge in [-0.2, -0.15) is 20.1 Å². The first kappa shape index (κ1) is 12.4. The SMILES string of the molecule is CC(NCC(F)(F)C(F)F)c1ccsc1. The molecule has 6 heteroatoms. The fraction of sp³-hybridized carbons (Fsp3) is 0.556. The van der Waals surface area contributed by atoms with Gasteiger partial charge in [0.05, 0.1) is 6.54 Å². The largest absolute Gasteiger partial charge is 0.319 e. The molecule has 1 aromatic rings. The molecule has 0 aromatic carbocycles. The van der Waals surface area contributed by atoms with Gasteiger partial charge in [0.15, 0.2) is 0 Å². The highest BCUT2D eigenvalue weighted by molar-refractivity contribution is 7.07. The zero-order valence-corrected chi connectivity index (χ0v) is 8.83. The Kier molecular flexibility index (Phi) is 4.10. The van der Waals surface area contributed by atoms with Crippen LogP contribution >= 0.6 is 11.3 Å². The van der Waals surface area contributed by atoms with E-state index in [2.05, 4.69) is 5.32 Å². The molecule has 0 aliphatic carbocycles. The predicted octanol–water partition coefficient (Wildman–Crippen LogP) is 3.30. The van der Waals surface area contributed by atoms with Crippen molar-refractivity contribution in [1.82, 2.24) is 5.32 Å². The van der Waals surface area contributed by atoms with E-state index in [9.17, 15) is 17.6 Å². The van der Waals surface area contributed by atoms with Crippen LogP contribution in [0, 0.1) is 0 Å². The van der Waals surface area contributed by atoms with Crippen LogP contribution in [0.5, 0.6) is 0 Å². The summed E-state index contributed by atoms with van der Waals surface area (Å²) in [7, 11) is 0. The molecule has 1 nitrogen and oxygen atoms in total. The molecule has 1 unspecified atom stereocenters. The molecule has 0 radical (unpaired) electrons. The maximum atomic E-state index is 12.5. The van der Waals surface area contributed by atoms with Crippen LogP contribution in [0.2, 0.25) is 0 Å². The van der Waals surface area contributed by atoms with Crippen molar-refractivity contribution in [3.63, 3.8) is 0 Å². The molecular formula is C9H11F4NS. The van der Waals surface area contributed by atoms with Crippen LogP contribution in [0.15, 0.2) is 16.8 Å². The van der Waals surface area contributed by atoms with Gasteiger partial charge in [-0.25, -0.2) is 8.78 Å². The minimum Gasteiger partial charge on any atom is -0.304 e. The molecule has 1 aromatic heterocycles. The van der Waals surface area contributed by atoms with E-state index >= 15 is 0 Å². The molecule has 0 aliphatic rings. The van der Waals surface area contributed by atoms with Gasteiger partial charge in [-0.1, -0.05) is 0 Å². The van der Waals surface area contributed by atoms with Gasteiger partial charge in [0, 0.05) is 6.04 Å². The first-order valence-electron chi connectivity index (χ1n) is 4.35. The second kappa shape index (κ2) is 4.94. The number of hydrogen-bond acceptors (Lipinski definition) is 2. The molecule has 0 saturated carbocycles. The van der Waals surface area contributed by atoms with E-state index < -0.39 is 18.9 Å². The standard InChI is InChI=1S/C9H11F4NS/c1-6(7-2-3-15-4-7)14-5-9(12,13)8(10)11/h2-4,6,8,14H,5H2,1H3. The first-order valence-corrected chi connectivity index (χ1v) is 5.29. The van der Waals surface area contributed by atoms with Crippen molar-refractivity contribution in [3.8, 4) is 0 Å². The van der Waals surface area contributed by atoms with E-state index in [0.29, 0.717) is 0 Å². The van der Waals surface area contributed by atoms with Crippen molar-refractivity contribution in [2.24, 2.45) is 0 Å². The van der Waals surface area contributed by atoms with Gasteiger partial charge in [-0.3, -0.25) is 0 Å².